The number of pyridine rings is 2. The van der Waals surface area contributed by atoms with E-state index >= 15 is 0 Å². The number of urea groups is 2. The van der Waals surface area contributed by atoms with E-state index in [4.69, 9.17) is 9.84 Å². The zero-order chi connectivity index (χ0) is 45.4. The zero-order valence-corrected chi connectivity index (χ0v) is 34.4. The number of Topliss-reactive ketones (excluding diaryl/α,β-unsaturated/α-hetero) is 2. The standard InChI is InChI=1S/C23H24FN3O4.C16H16F2N2O4.C6H7NO/c1-22(24)8-10-23(11-9-22)20(29)27(21(30)26-23)14-19(28)17-2-4-18(5-3-17)31-15-16-6-12-25-13-7-16;17-16(18)7-5-15(6-8-16)13(23)20(14(24)19-15)9-12(22)10-1-3-11(21)4-2-10;8-5-6-1-3-7-4-2-6/h2-7,12-13H,8-11,14-15H2,1H3,(H,26,30);1-4,21H,5-9H2,(H,19,24);1-4,8H,5H2. The number of imide groups is 2. The van der Waals surface area contributed by atoms with Crippen LogP contribution in [0, 0.1) is 0 Å². The minimum Gasteiger partial charge on any atom is -0.508 e. The van der Waals surface area contributed by atoms with Crippen molar-refractivity contribution < 1.29 is 56.9 Å². The molecule has 0 unspecified atom stereocenters. The summed E-state index contributed by atoms with van der Waals surface area (Å²) in [6, 6.07) is 17.9. The Hall–Kier alpha value is -6.69. The number of carbonyl (C=O) groups excluding carboxylic acids is 6. The number of aromatic nitrogens is 2. The van der Waals surface area contributed by atoms with Crippen LogP contribution in [0.5, 0.6) is 11.5 Å². The number of ketones is 2. The molecule has 4 aromatic rings. The molecule has 4 heterocycles. The van der Waals surface area contributed by atoms with Crippen molar-refractivity contribution in [3.8, 4) is 11.5 Å². The highest BCUT2D eigenvalue weighted by molar-refractivity contribution is 6.12. The quantitative estimate of drug-likeness (QED) is 0.106. The molecule has 4 aliphatic rings. The lowest BCUT2D eigenvalue weighted by atomic mass is 9.75. The molecule has 332 valence electrons. The predicted molar refractivity (Wildman–Crippen MR) is 219 cm³/mol. The van der Waals surface area contributed by atoms with Gasteiger partial charge in [-0.3, -0.25) is 38.9 Å². The summed E-state index contributed by atoms with van der Waals surface area (Å²) in [5.74, 6) is -4.15. The second-order valence-corrected chi connectivity index (χ2v) is 16.2. The summed E-state index contributed by atoms with van der Waals surface area (Å²) in [5.41, 5.74) is -1.26. The minimum atomic E-state index is -2.83. The van der Waals surface area contributed by atoms with Crippen molar-refractivity contribution in [1.82, 2.24) is 30.4 Å². The number of amides is 6. The first-order valence-corrected chi connectivity index (χ1v) is 20.3. The van der Waals surface area contributed by atoms with Gasteiger partial charge >= 0.3 is 12.1 Å². The molecule has 0 bridgehead atoms. The first kappa shape index (κ1) is 45.8. The molecule has 2 saturated carbocycles. The number of carbonyl (C=O) groups is 6. The third-order valence-electron chi connectivity index (χ3n) is 11.5. The number of nitrogens with zero attached hydrogens (tertiary/aromatic N) is 4. The molecule has 15 nitrogen and oxygen atoms in total. The summed E-state index contributed by atoms with van der Waals surface area (Å²) in [5, 5.41) is 22.9. The van der Waals surface area contributed by atoms with Crippen LogP contribution < -0.4 is 15.4 Å². The number of alkyl halides is 3. The van der Waals surface area contributed by atoms with Crippen molar-refractivity contribution in [2.24, 2.45) is 0 Å². The van der Waals surface area contributed by atoms with Crippen molar-refractivity contribution in [2.75, 3.05) is 13.1 Å². The Morgan fingerprint density at radius 2 is 1.05 bits per heavy atom. The van der Waals surface area contributed by atoms with E-state index < -0.39 is 71.7 Å². The minimum absolute atomic E-state index is 0.0105. The third kappa shape index (κ3) is 11.2. The van der Waals surface area contributed by atoms with Crippen LogP contribution in [0.25, 0.3) is 0 Å². The second-order valence-electron chi connectivity index (χ2n) is 16.2. The lowest BCUT2D eigenvalue weighted by Gasteiger charge is -2.36. The Balaban J connectivity index is 0.000000182. The number of halogens is 3. The first-order valence-electron chi connectivity index (χ1n) is 20.3. The van der Waals surface area contributed by atoms with E-state index in [1.807, 2.05) is 12.1 Å². The fourth-order valence-electron chi connectivity index (χ4n) is 7.55. The van der Waals surface area contributed by atoms with Gasteiger partial charge < -0.3 is 25.6 Å². The number of benzene rings is 2. The topological polar surface area (TPSA) is 208 Å². The number of hydrogen-bond acceptors (Lipinski definition) is 11. The molecular weight excluding hydrogens is 826 g/mol. The summed E-state index contributed by atoms with van der Waals surface area (Å²) >= 11 is 0. The SMILES string of the molecule is CC1(F)CCC2(CC1)NC(=O)N(CC(=O)c1ccc(OCc3ccncc3)cc1)C2=O.O=C(CN1C(=O)NC2(CCC(F)(F)CC2)C1=O)c1ccc(O)cc1.OCc1ccncc1. The average molecular weight is 873 g/mol. The number of aliphatic hydroxyl groups excluding tert-OH is 1. The fourth-order valence-corrected chi connectivity index (χ4v) is 7.55. The van der Waals surface area contributed by atoms with Gasteiger partial charge in [-0.05, 0) is 129 Å². The number of aromatic hydroxyl groups is 1. The number of aliphatic hydroxyl groups is 1. The van der Waals surface area contributed by atoms with Crippen molar-refractivity contribution in [3.05, 3.63) is 120 Å². The van der Waals surface area contributed by atoms with Crippen LogP contribution in [0.15, 0.2) is 97.6 Å². The molecule has 2 saturated heterocycles. The zero-order valence-electron chi connectivity index (χ0n) is 34.4. The molecule has 2 aromatic heterocycles. The highest BCUT2D eigenvalue weighted by Crippen LogP contribution is 2.42. The molecule has 6 amide bonds. The van der Waals surface area contributed by atoms with Gasteiger partial charge in [0, 0.05) is 48.8 Å². The lowest BCUT2D eigenvalue weighted by Crippen LogP contribution is -2.52. The van der Waals surface area contributed by atoms with Crippen molar-refractivity contribution in [1.29, 1.82) is 0 Å². The summed E-state index contributed by atoms with van der Waals surface area (Å²) in [6.07, 6.45) is 6.31. The first-order chi connectivity index (χ1) is 29.9. The molecule has 8 rings (SSSR count). The van der Waals surface area contributed by atoms with E-state index in [1.54, 1.807) is 61.2 Å². The maximum Gasteiger partial charge on any atom is 0.325 e. The van der Waals surface area contributed by atoms with Gasteiger partial charge in [-0.2, -0.15) is 0 Å². The lowest BCUT2D eigenvalue weighted by molar-refractivity contribution is -0.135. The van der Waals surface area contributed by atoms with Gasteiger partial charge in [0.15, 0.2) is 11.6 Å². The molecule has 18 heteroatoms. The molecule has 2 aliphatic carbocycles. The maximum absolute atomic E-state index is 14.1. The Bertz CT molecular complexity index is 2280. The Kier molecular flexibility index (Phi) is 13.9. The summed E-state index contributed by atoms with van der Waals surface area (Å²) < 4.78 is 46.5. The molecule has 0 atom stereocenters. The highest BCUT2D eigenvalue weighted by atomic mass is 19.3. The van der Waals surface area contributed by atoms with E-state index in [9.17, 15) is 47.0 Å². The second kappa shape index (κ2) is 19.1. The number of phenolic OH excluding ortho intramolecular Hbond substituents is 1. The van der Waals surface area contributed by atoms with E-state index in [-0.39, 0.29) is 68.8 Å². The molecule has 4 N–H and O–H groups in total. The number of ether oxygens (including phenoxy) is 1. The molecule has 2 spiro atoms. The van der Waals surface area contributed by atoms with E-state index in [1.165, 1.54) is 31.2 Å². The number of rotatable bonds is 10. The van der Waals surface area contributed by atoms with Crippen LogP contribution in [-0.2, 0) is 22.8 Å². The van der Waals surface area contributed by atoms with Gasteiger partial charge in [-0.25, -0.2) is 22.8 Å². The molecule has 2 aromatic carbocycles. The Morgan fingerprint density at radius 3 is 1.48 bits per heavy atom. The van der Waals surface area contributed by atoms with Crippen molar-refractivity contribution in [2.45, 2.75) is 94.2 Å². The third-order valence-corrected chi connectivity index (χ3v) is 11.5. The fraction of sp³-hybridized carbons (Fsp3) is 0.378. The smallest absolute Gasteiger partial charge is 0.325 e. The number of nitrogens with one attached hydrogen (secondary N) is 2. The van der Waals surface area contributed by atoms with Crippen LogP contribution in [0.1, 0.15) is 90.1 Å². The van der Waals surface area contributed by atoms with E-state index in [2.05, 4.69) is 20.6 Å². The van der Waals surface area contributed by atoms with E-state index in [0.29, 0.717) is 17.9 Å². The predicted octanol–water partition coefficient (Wildman–Crippen LogP) is 6.08. The van der Waals surface area contributed by atoms with E-state index in [0.717, 1.165) is 20.9 Å². The van der Waals surface area contributed by atoms with Crippen molar-refractivity contribution >= 4 is 35.4 Å². The van der Waals surface area contributed by atoms with Crippen LogP contribution >= 0.6 is 0 Å². The molecule has 4 fully saturated rings. The Morgan fingerprint density at radius 1 is 0.635 bits per heavy atom. The number of hydrogen-bond donors (Lipinski definition) is 4. The van der Waals surface area contributed by atoms with Gasteiger partial charge in [0.2, 0.25) is 5.92 Å². The summed E-state index contributed by atoms with van der Waals surface area (Å²) in [6.45, 7) is 1.16. The molecule has 2 aliphatic heterocycles. The van der Waals surface area contributed by atoms with Crippen LogP contribution in [0.2, 0.25) is 0 Å². The number of phenols is 1. The van der Waals surface area contributed by atoms with Crippen LogP contribution in [-0.4, -0.2) is 101 Å². The largest absolute Gasteiger partial charge is 0.508 e. The maximum atomic E-state index is 14.1. The average Bonchev–Trinajstić information content (AvgIpc) is 3.65. The molecular formula is C45H47F3N6O9. The van der Waals surface area contributed by atoms with Crippen LogP contribution in [0.4, 0.5) is 22.8 Å². The molecule has 0 radical (unpaired) electrons. The van der Waals surface area contributed by atoms with Crippen molar-refractivity contribution in [3.63, 3.8) is 0 Å². The monoisotopic (exact) mass is 872 g/mol. The molecule has 63 heavy (non-hydrogen) atoms. The van der Waals surface area contributed by atoms with Gasteiger partial charge in [0.25, 0.3) is 11.8 Å². The highest BCUT2D eigenvalue weighted by Gasteiger charge is 2.56. The van der Waals surface area contributed by atoms with Gasteiger partial charge in [0.05, 0.1) is 19.7 Å². The van der Waals surface area contributed by atoms with Crippen LogP contribution in [0.3, 0.4) is 0 Å². The van der Waals surface area contributed by atoms with Gasteiger partial charge in [-0.1, -0.05) is 0 Å². The normalized spacial score (nSPS) is 20.5. The Labute approximate surface area is 360 Å². The summed E-state index contributed by atoms with van der Waals surface area (Å²) in [4.78, 5) is 84.2. The summed E-state index contributed by atoms with van der Waals surface area (Å²) in [7, 11) is 0. The van der Waals surface area contributed by atoms with Gasteiger partial charge in [-0.15, -0.1) is 0 Å². The van der Waals surface area contributed by atoms with Gasteiger partial charge in [0.1, 0.15) is 34.9 Å².